The maximum Gasteiger partial charge on any atom is 0.418 e. The zero-order valence-corrected chi connectivity index (χ0v) is 19.7. The van der Waals surface area contributed by atoms with Crippen molar-refractivity contribution < 1.29 is 48.9 Å². The normalized spacial score (nSPS) is 15.8. The minimum absolute atomic E-state index is 0.192. The first kappa shape index (κ1) is 28.0. The standard InChI is InChI=1S/C8H11F3N2O8S2.C8H10S/c1-22(16,17)13-3-2-12(6(13)14)7(15)21-4-5(9)8(10,11)23(18,19)20;1-6-3-4-8(9)5-7(6)2/h5H,2-4H2,1H3,(H,18,19,20);3-5,9H,1-2H3. The Morgan fingerprint density at radius 3 is 2.19 bits per heavy atom. The van der Waals surface area contributed by atoms with Gasteiger partial charge in [0, 0.05) is 0 Å². The third-order valence-electron chi connectivity index (χ3n) is 4.15. The fraction of sp³-hybridized carbons (Fsp3) is 0.500. The molecule has 1 atom stereocenters. The molecule has 182 valence electrons. The van der Waals surface area contributed by atoms with Crippen molar-refractivity contribution in [2.24, 2.45) is 0 Å². The van der Waals surface area contributed by atoms with Gasteiger partial charge in [-0.05, 0) is 49.7 Å². The van der Waals surface area contributed by atoms with Crippen molar-refractivity contribution in [3.63, 3.8) is 0 Å². The number of carbonyl (C=O) groups excluding carboxylic acids is 2. The van der Waals surface area contributed by atoms with Crippen LogP contribution in [0.3, 0.4) is 0 Å². The molecule has 0 aromatic heterocycles. The summed E-state index contributed by atoms with van der Waals surface area (Å²) in [5, 5.41) is -5.33. The molecule has 1 aliphatic rings. The van der Waals surface area contributed by atoms with E-state index >= 15 is 0 Å². The van der Waals surface area contributed by atoms with E-state index in [0.717, 1.165) is 4.90 Å². The molecular weight excluding hydrogens is 501 g/mol. The molecule has 0 N–H and O–H groups in total. The molecule has 1 aromatic carbocycles. The number of imide groups is 1. The van der Waals surface area contributed by atoms with Gasteiger partial charge in [0.15, 0.2) is 15.0 Å². The van der Waals surface area contributed by atoms with Crippen molar-refractivity contribution in [3.8, 4) is 0 Å². The van der Waals surface area contributed by atoms with E-state index in [2.05, 4.69) is 49.4 Å². The summed E-state index contributed by atoms with van der Waals surface area (Å²) in [6.45, 7) is 1.50. The molecule has 3 amide bonds. The summed E-state index contributed by atoms with van der Waals surface area (Å²) in [5.41, 5.74) is 2.68. The van der Waals surface area contributed by atoms with Crippen LogP contribution in [0, 0.1) is 13.8 Å². The largest absolute Gasteiger partial charge is 0.743 e. The molecule has 1 heterocycles. The molecule has 10 nitrogen and oxygen atoms in total. The van der Waals surface area contributed by atoms with E-state index in [-0.39, 0.29) is 9.21 Å². The highest BCUT2D eigenvalue weighted by atomic mass is 32.2. The monoisotopic (exact) mass is 522 g/mol. The molecule has 1 saturated heterocycles. The van der Waals surface area contributed by atoms with Crippen LogP contribution in [0.5, 0.6) is 0 Å². The smallest absolute Gasteiger partial charge is 0.418 e. The van der Waals surface area contributed by atoms with Crippen LogP contribution < -0.4 is 0 Å². The number of aryl methyl sites for hydroxylation is 2. The Morgan fingerprint density at radius 1 is 1.22 bits per heavy atom. The zero-order chi connectivity index (χ0) is 25.1. The van der Waals surface area contributed by atoms with Crippen molar-refractivity contribution in [2.45, 2.75) is 30.2 Å². The number of amides is 3. The summed E-state index contributed by atoms with van der Waals surface area (Å²) in [6, 6.07) is 4.94. The van der Waals surface area contributed by atoms with Crippen LogP contribution in [0.4, 0.5) is 22.8 Å². The number of ether oxygens (including phenoxy) is 1. The number of hydrogen-bond acceptors (Lipinski definition) is 8. The highest BCUT2D eigenvalue weighted by molar-refractivity contribution is 7.88. The van der Waals surface area contributed by atoms with Gasteiger partial charge in [-0.1, -0.05) is 6.07 Å². The van der Waals surface area contributed by atoms with Gasteiger partial charge in [0.25, 0.3) is 0 Å². The molecule has 16 heteroatoms. The molecule has 0 aliphatic carbocycles. The first-order chi connectivity index (χ1) is 14.4. The highest BCUT2D eigenvalue weighted by Crippen LogP contribution is 2.27. The number of benzene rings is 1. The lowest BCUT2D eigenvalue weighted by Gasteiger charge is -2.23. The van der Waals surface area contributed by atoms with E-state index in [1.807, 2.05) is 0 Å². The Bertz CT molecular complexity index is 1080. The van der Waals surface area contributed by atoms with E-state index in [1.54, 1.807) is 0 Å². The summed E-state index contributed by atoms with van der Waals surface area (Å²) in [5.74, 6) is 0. The third-order valence-corrected chi connectivity index (χ3v) is 6.52. The number of nitrogens with zero attached hydrogens (tertiary/aromatic N) is 2. The Labute approximate surface area is 188 Å². The van der Waals surface area contributed by atoms with Crippen molar-refractivity contribution in [1.29, 1.82) is 0 Å². The molecule has 0 bridgehead atoms. The molecule has 1 unspecified atom stereocenters. The van der Waals surface area contributed by atoms with Crippen LogP contribution in [0.1, 0.15) is 11.1 Å². The number of halogens is 3. The number of alkyl halides is 3. The molecule has 2 rings (SSSR count). The number of carbonyl (C=O) groups is 2. The van der Waals surface area contributed by atoms with E-state index in [4.69, 9.17) is 0 Å². The minimum Gasteiger partial charge on any atom is -0.743 e. The van der Waals surface area contributed by atoms with E-state index in [1.165, 1.54) is 11.1 Å². The number of sulfonamides is 1. The second kappa shape index (κ2) is 10.3. The summed E-state index contributed by atoms with van der Waals surface area (Å²) in [7, 11) is -10.3. The van der Waals surface area contributed by atoms with E-state index in [0.29, 0.717) is 6.26 Å². The Morgan fingerprint density at radius 2 is 1.78 bits per heavy atom. The van der Waals surface area contributed by atoms with Crippen LogP contribution in [0.25, 0.3) is 0 Å². The Hall–Kier alpha value is -2.04. The van der Waals surface area contributed by atoms with Gasteiger partial charge in [-0.15, -0.1) is 0 Å². The van der Waals surface area contributed by atoms with Gasteiger partial charge in [0.05, 0.1) is 19.3 Å². The van der Waals surface area contributed by atoms with Crippen molar-refractivity contribution in [3.05, 3.63) is 29.3 Å². The second-order valence-corrected chi connectivity index (χ2v) is 10.6. The molecule has 0 radical (unpaired) electrons. The molecule has 1 aliphatic heterocycles. The lowest BCUT2D eigenvalue weighted by molar-refractivity contribution is -0.0333. The molecular formula is C16H21F3N2O8S3. The van der Waals surface area contributed by atoms with Crippen LogP contribution in [-0.2, 0) is 37.5 Å². The van der Waals surface area contributed by atoms with Crippen LogP contribution in [0.2, 0.25) is 0 Å². The number of hydrogen-bond donors (Lipinski definition) is 0. The van der Waals surface area contributed by atoms with Gasteiger partial charge in [0.1, 0.15) is 6.61 Å². The van der Waals surface area contributed by atoms with Gasteiger partial charge in [-0.3, -0.25) is 0 Å². The highest BCUT2D eigenvalue weighted by Gasteiger charge is 2.48. The van der Waals surface area contributed by atoms with Crippen LogP contribution in [-0.4, -0.2) is 80.1 Å². The first-order valence-corrected chi connectivity index (χ1v) is 12.4. The molecule has 1 aromatic rings. The summed E-state index contributed by atoms with van der Waals surface area (Å²) < 4.78 is 95.9. The van der Waals surface area contributed by atoms with Crippen LogP contribution >= 0.6 is 0 Å². The topological polar surface area (TPSA) is 141 Å². The van der Waals surface area contributed by atoms with Gasteiger partial charge in [-0.25, -0.2) is 40.0 Å². The Kier molecular flexibility index (Phi) is 8.98. The third kappa shape index (κ3) is 6.98. The SMILES string of the molecule is CS(=O)(=O)N1CCN(C(=O)OCC(F)C(F)(F)S(=O)(=O)[O-])C1=O.Cc1ccc([SH2+])cc1C. The maximum absolute atomic E-state index is 13.1. The van der Waals surface area contributed by atoms with Gasteiger partial charge >= 0.3 is 17.4 Å². The molecule has 1 fully saturated rings. The minimum atomic E-state index is -6.33. The quantitative estimate of drug-likeness (QED) is 0.411. The zero-order valence-electron chi connectivity index (χ0n) is 17.0. The van der Waals surface area contributed by atoms with Gasteiger partial charge in [0.2, 0.25) is 16.2 Å². The predicted molar refractivity (Wildman–Crippen MR) is 109 cm³/mol. The summed E-state index contributed by atoms with van der Waals surface area (Å²) >= 11 is 3.44. The average molecular weight is 523 g/mol. The fourth-order valence-electron chi connectivity index (χ4n) is 2.21. The second-order valence-electron chi connectivity index (χ2n) is 6.63. The predicted octanol–water partition coefficient (Wildman–Crippen LogP) is 0.970. The lowest BCUT2D eigenvalue weighted by Crippen LogP contribution is -2.43. The van der Waals surface area contributed by atoms with E-state index < -0.39 is 63.4 Å². The van der Waals surface area contributed by atoms with Gasteiger partial charge < -0.3 is 9.29 Å². The van der Waals surface area contributed by atoms with Crippen molar-refractivity contribution in [2.75, 3.05) is 26.0 Å². The average Bonchev–Trinajstić information content (AvgIpc) is 3.04. The van der Waals surface area contributed by atoms with E-state index in [9.17, 15) is 44.1 Å². The summed E-state index contributed by atoms with van der Waals surface area (Å²) in [6.07, 6.45) is -4.64. The number of rotatable bonds is 5. The maximum atomic E-state index is 13.1. The molecule has 0 spiro atoms. The fourth-order valence-corrected chi connectivity index (χ4v) is 3.69. The number of urea groups is 1. The summed E-state index contributed by atoms with van der Waals surface area (Å²) in [4.78, 5) is 24.4. The lowest BCUT2D eigenvalue weighted by atomic mass is 10.1. The first-order valence-electron chi connectivity index (χ1n) is 8.61. The van der Waals surface area contributed by atoms with Crippen molar-refractivity contribution in [1.82, 2.24) is 9.21 Å². The van der Waals surface area contributed by atoms with Crippen molar-refractivity contribution >= 4 is 44.9 Å². The van der Waals surface area contributed by atoms with Gasteiger partial charge in [-0.2, -0.15) is 8.78 Å². The molecule has 32 heavy (non-hydrogen) atoms. The van der Waals surface area contributed by atoms with Crippen LogP contribution in [0.15, 0.2) is 23.1 Å². The molecule has 0 saturated carbocycles. The Balaban J connectivity index is 0.000000471.